The van der Waals surface area contributed by atoms with Gasteiger partial charge in [-0.05, 0) is 111 Å². The summed E-state index contributed by atoms with van der Waals surface area (Å²) >= 11 is 2.89. The number of rotatable bonds is 9. The number of piperidine rings is 2. The van der Waals surface area contributed by atoms with Crippen LogP contribution in [0.3, 0.4) is 0 Å². The number of benzene rings is 4. The summed E-state index contributed by atoms with van der Waals surface area (Å²) in [5, 5.41) is 12.4. The zero-order valence-electron chi connectivity index (χ0n) is 48.4. The van der Waals surface area contributed by atoms with Crippen molar-refractivity contribution in [2.45, 2.75) is 168 Å². The third-order valence-electron chi connectivity index (χ3n) is 19.7. The Kier molecular flexibility index (Phi) is 16.3. The molecule has 10 aliphatic heterocycles. The Hall–Kier alpha value is -6.78. The van der Waals surface area contributed by atoms with E-state index in [0.29, 0.717) is 66.5 Å². The molecule has 6 aromatic rings. The van der Waals surface area contributed by atoms with Gasteiger partial charge in [0.05, 0.1) is 42.7 Å². The third-order valence-corrected chi connectivity index (χ3v) is 21.9. The maximum atomic E-state index is 15.6. The van der Waals surface area contributed by atoms with Gasteiger partial charge in [0.1, 0.15) is 18.4 Å². The number of aliphatic hydroxyl groups is 1. The first kappa shape index (κ1) is 60.1. The van der Waals surface area contributed by atoms with Crippen molar-refractivity contribution >= 4 is 35.3 Å². The van der Waals surface area contributed by atoms with Crippen LogP contribution in [0.4, 0.5) is 17.6 Å². The Morgan fingerprint density at radius 1 is 0.625 bits per heavy atom. The number of hydrogen-bond donors (Lipinski definition) is 2. The Balaban J connectivity index is 0.000000134. The zero-order chi connectivity index (χ0) is 60.0. The smallest absolute Gasteiger partial charge is 0.278 e. The number of ether oxygens (including phenoxy) is 4. The van der Waals surface area contributed by atoms with Gasteiger partial charge in [-0.3, -0.25) is 33.5 Å². The number of pyridine rings is 2. The zero-order valence-corrected chi connectivity index (χ0v) is 50.0. The normalized spacial score (nSPS) is 27.6. The molecule has 2 aromatic heterocycles. The summed E-state index contributed by atoms with van der Waals surface area (Å²) in [7, 11) is 0. The quantitative estimate of drug-likeness (QED) is 0.104. The number of carbonyl (C=O) groups is 2. The lowest BCUT2D eigenvalue weighted by molar-refractivity contribution is -0.0757. The van der Waals surface area contributed by atoms with Crippen molar-refractivity contribution in [2.24, 2.45) is 11.8 Å². The Labute approximate surface area is 516 Å². The maximum absolute atomic E-state index is 15.6. The number of aromatic nitrogens is 2. The molecule has 6 fully saturated rings. The van der Waals surface area contributed by atoms with Crippen molar-refractivity contribution in [1.29, 1.82) is 0 Å². The van der Waals surface area contributed by atoms with Crippen molar-refractivity contribution in [1.82, 2.24) is 19.2 Å². The average molecular weight is 1250 g/mol. The van der Waals surface area contributed by atoms with Crippen LogP contribution in [0.25, 0.3) is 0 Å². The van der Waals surface area contributed by atoms with Gasteiger partial charge in [0.2, 0.25) is 10.9 Å². The molecule has 6 saturated heterocycles. The lowest BCUT2D eigenvalue weighted by Gasteiger charge is -2.57. The first-order chi connectivity index (χ1) is 42.2. The first-order valence-corrected chi connectivity index (χ1v) is 32.5. The van der Waals surface area contributed by atoms with Gasteiger partial charge in [-0.2, -0.15) is 0 Å². The summed E-state index contributed by atoms with van der Waals surface area (Å²) < 4.78 is 85.4. The molecule has 15 nitrogen and oxygen atoms in total. The summed E-state index contributed by atoms with van der Waals surface area (Å²) in [6.07, 6.45) is 13.4. The molecule has 4 aromatic carbocycles. The molecule has 464 valence electrons. The van der Waals surface area contributed by atoms with Crippen molar-refractivity contribution in [3.8, 4) is 11.5 Å². The molecule has 2 N–H and O–H groups in total. The lowest BCUT2D eigenvalue weighted by Crippen LogP contribution is -2.70. The van der Waals surface area contributed by atoms with Crippen LogP contribution in [-0.4, -0.2) is 98.1 Å². The van der Waals surface area contributed by atoms with E-state index in [9.17, 15) is 37.5 Å². The lowest BCUT2D eigenvalue weighted by atomic mass is 9.71. The summed E-state index contributed by atoms with van der Waals surface area (Å²) in [5.74, 6) is -2.69. The second-order valence-corrected chi connectivity index (χ2v) is 26.4. The number of amides is 2. The van der Waals surface area contributed by atoms with E-state index in [1.54, 1.807) is 27.8 Å². The summed E-state index contributed by atoms with van der Waals surface area (Å²) in [5.41, 5.74) is 6.31. The number of nitrogens with one attached hydrogen (secondary N) is 1. The van der Waals surface area contributed by atoms with E-state index in [2.05, 4.69) is 17.4 Å². The topological polar surface area (TPSA) is 157 Å². The van der Waals surface area contributed by atoms with E-state index >= 15 is 4.39 Å². The molecular formula is C67H72F4N6O9S2. The van der Waals surface area contributed by atoms with Gasteiger partial charge in [-0.1, -0.05) is 82.6 Å². The van der Waals surface area contributed by atoms with Crippen LogP contribution in [0, 0.1) is 35.1 Å². The van der Waals surface area contributed by atoms with Gasteiger partial charge < -0.3 is 39.3 Å². The highest BCUT2D eigenvalue weighted by Gasteiger charge is 2.64. The van der Waals surface area contributed by atoms with Crippen LogP contribution < -0.4 is 30.8 Å². The maximum Gasteiger partial charge on any atom is 0.278 e. The minimum atomic E-state index is -0.902. The number of halogens is 4. The number of thioether (sulfide) groups is 2. The molecule has 2 unspecified atom stereocenters. The van der Waals surface area contributed by atoms with Gasteiger partial charge in [-0.15, -0.1) is 23.5 Å². The summed E-state index contributed by atoms with van der Waals surface area (Å²) in [6, 6.07) is 23.1. The molecule has 0 radical (unpaired) electrons. The molecule has 2 amide bonds. The largest absolute Gasteiger partial charge is 0.487 e. The highest BCUT2D eigenvalue weighted by atomic mass is 32.2. The minimum absolute atomic E-state index is 0. The van der Waals surface area contributed by atoms with E-state index in [1.165, 1.54) is 47.8 Å². The van der Waals surface area contributed by atoms with E-state index in [0.717, 1.165) is 104 Å². The van der Waals surface area contributed by atoms with Gasteiger partial charge in [-0.25, -0.2) is 17.6 Å². The highest BCUT2D eigenvalue weighted by Crippen LogP contribution is 2.58. The Morgan fingerprint density at radius 3 is 1.80 bits per heavy atom. The van der Waals surface area contributed by atoms with Crippen molar-refractivity contribution in [2.75, 3.05) is 36.7 Å². The molecule has 16 rings (SSSR count). The predicted octanol–water partition coefficient (Wildman–Crippen LogP) is 11.7. The second kappa shape index (κ2) is 23.9. The van der Waals surface area contributed by atoms with Crippen LogP contribution in [0.1, 0.15) is 165 Å². The molecule has 12 heterocycles. The monoisotopic (exact) mass is 1240 g/mol. The van der Waals surface area contributed by atoms with Crippen LogP contribution in [0.2, 0.25) is 0 Å². The average Bonchev–Trinajstić information content (AvgIpc) is 1.36. The molecule has 10 aliphatic rings. The highest BCUT2D eigenvalue weighted by molar-refractivity contribution is 7.98. The number of carbonyl (C=O) groups excluding carboxylic acids is 2. The van der Waals surface area contributed by atoms with Crippen LogP contribution in [-0.2, 0) is 21.0 Å². The van der Waals surface area contributed by atoms with E-state index in [1.807, 2.05) is 65.3 Å². The van der Waals surface area contributed by atoms with E-state index in [4.69, 9.17) is 18.9 Å². The minimum Gasteiger partial charge on any atom is -0.487 e. The predicted molar refractivity (Wildman–Crippen MR) is 326 cm³/mol. The molecule has 4 bridgehead atoms. The van der Waals surface area contributed by atoms with E-state index < -0.39 is 41.6 Å². The van der Waals surface area contributed by atoms with Crippen molar-refractivity contribution in [3.05, 3.63) is 186 Å². The van der Waals surface area contributed by atoms with Crippen LogP contribution in [0.5, 0.6) is 11.5 Å². The SMILES string of the molecule is C.CCCCOc1c2n(ccc1=O)N(C1c3ccccc3SCc3c1ccc(F)c3F)[C@@H]1[C@H]3C[C@@H]4CC[C@@]3(CCN1C2=O)O4.CCCCOc1c2n(ccc1=O)N[C@@H]1[C@H]3C[C@@H]4CC[C@@]3(CCN1C2=O)O4.OC1c2ccccc2SCc2c1ccc(F)c2F. The molecule has 0 aliphatic carbocycles. The van der Waals surface area contributed by atoms with Gasteiger partial charge in [0, 0.05) is 81.9 Å². The fraction of sp³-hybridized carbons (Fsp3) is 0.463. The fourth-order valence-corrected chi connectivity index (χ4v) is 17.7. The Bertz CT molecular complexity index is 3850. The van der Waals surface area contributed by atoms with Crippen molar-refractivity contribution < 1.29 is 51.2 Å². The first-order valence-electron chi connectivity index (χ1n) is 30.6. The van der Waals surface area contributed by atoms with Crippen LogP contribution >= 0.6 is 23.5 Å². The number of unbranched alkanes of at least 4 members (excludes halogenated alkanes) is 2. The third kappa shape index (κ3) is 9.90. The number of fused-ring (bicyclic) bond motifs is 12. The summed E-state index contributed by atoms with van der Waals surface area (Å²) in [6.45, 7) is 5.98. The number of hydrogen-bond acceptors (Lipinski definition) is 13. The fourth-order valence-electron chi connectivity index (χ4n) is 15.5. The summed E-state index contributed by atoms with van der Waals surface area (Å²) in [4.78, 5) is 58.9. The molecule has 0 saturated carbocycles. The number of nitrogens with zero attached hydrogens (tertiary/aromatic N) is 5. The van der Waals surface area contributed by atoms with Gasteiger partial charge >= 0.3 is 0 Å². The molecule has 21 heteroatoms. The van der Waals surface area contributed by atoms with Gasteiger partial charge in [0.25, 0.3) is 11.8 Å². The van der Waals surface area contributed by atoms with Crippen molar-refractivity contribution in [3.63, 3.8) is 0 Å². The number of aliphatic hydroxyl groups excluding tert-OH is 1. The van der Waals surface area contributed by atoms with Gasteiger partial charge in [0.15, 0.2) is 46.2 Å². The van der Waals surface area contributed by atoms with Crippen LogP contribution in [0.15, 0.2) is 117 Å². The molecular weight excluding hydrogens is 1170 g/mol. The molecule has 10 atom stereocenters. The Morgan fingerprint density at radius 2 is 1.16 bits per heavy atom. The molecule has 2 spiro atoms. The second-order valence-electron chi connectivity index (χ2n) is 24.4. The van der Waals surface area contributed by atoms with E-state index in [-0.39, 0.29) is 88.0 Å². The standard InChI is InChI=1S/C33H33F2N3O4S.C19H25N3O4.C14H10F2OS.CH4/c1-2-3-16-41-30-25(39)11-14-37-29(30)32(40)36-15-13-33-12-10-19(42-33)17-23(33)31(36)38(37)28-20-8-9-24(34)27(35)22(20)18-43-26-7-5-4-6-21(26)28;1-2-3-10-25-16-14(23)5-8-22-15(16)18(24)21-9-7-19-6-4-12(26-19)11-13(19)17(21)20-22;15-11-6-5-8-10(13(11)16)7-18-12-4-2-1-3-9(12)14(8)17;/h4-9,11,14,19,23,28,31H,2-3,10,12-13,15-18H2,1H3;5,8,12-13,17,20H,2-4,6-7,9-11H2,1H3;1-6,14,17H,7H2;1H4/t19-,23+,28?,31+,33-;12-,13+,17-,19-;;/m00../s1. The molecule has 88 heavy (non-hydrogen) atoms.